The van der Waals surface area contributed by atoms with Gasteiger partial charge in [0.05, 0.1) is 23.5 Å². The molecule has 2 aromatic rings. The molecular weight excluding hydrogens is 244 g/mol. The Bertz CT molecular complexity index is 575. The predicted molar refractivity (Wildman–Crippen MR) is 72.1 cm³/mol. The van der Waals surface area contributed by atoms with Crippen LogP contribution >= 0.6 is 0 Å². The van der Waals surface area contributed by atoms with E-state index in [0.29, 0.717) is 6.54 Å². The van der Waals surface area contributed by atoms with Crippen LogP contribution < -0.4 is 10.6 Å². The van der Waals surface area contributed by atoms with Crippen LogP contribution in [0.25, 0.3) is 10.9 Å². The van der Waals surface area contributed by atoms with E-state index in [-0.39, 0.29) is 12.1 Å². The van der Waals surface area contributed by atoms with Gasteiger partial charge in [-0.05, 0) is 25.0 Å². The summed E-state index contributed by atoms with van der Waals surface area (Å²) in [6.07, 6.45) is 3.93. The van der Waals surface area contributed by atoms with Crippen LogP contribution in [0.15, 0.2) is 24.4 Å². The number of rotatable bonds is 3. The minimum atomic E-state index is -0.218. The number of anilines is 1. The van der Waals surface area contributed by atoms with Crippen molar-refractivity contribution in [2.24, 2.45) is 0 Å². The number of aromatic nitrogens is 2. The summed E-state index contributed by atoms with van der Waals surface area (Å²) in [5.41, 5.74) is 1.65. The number of aromatic amines is 1. The topological polar surface area (TPSA) is 79.0 Å². The van der Waals surface area contributed by atoms with E-state index in [1.165, 1.54) is 0 Å². The van der Waals surface area contributed by atoms with Gasteiger partial charge in [-0.2, -0.15) is 5.10 Å². The van der Waals surface area contributed by atoms with Crippen molar-refractivity contribution in [3.63, 3.8) is 0 Å². The number of carbonyl (C=O) groups excluding carboxylic acids is 1. The van der Waals surface area contributed by atoms with Crippen LogP contribution in [0.5, 0.6) is 0 Å². The highest BCUT2D eigenvalue weighted by Crippen LogP contribution is 2.20. The van der Waals surface area contributed by atoms with Crippen molar-refractivity contribution in [2.45, 2.75) is 18.9 Å². The lowest BCUT2D eigenvalue weighted by molar-refractivity contribution is 0.112. The van der Waals surface area contributed by atoms with Crippen LogP contribution in [0.3, 0.4) is 0 Å². The summed E-state index contributed by atoms with van der Waals surface area (Å²) in [7, 11) is 0. The number of carbonyl (C=O) groups is 1. The van der Waals surface area contributed by atoms with E-state index in [9.17, 15) is 4.79 Å². The Kier molecular flexibility index (Phi) is 3.33. The zero-order valence-corrected chi connectivity index (χ0v) is 10.5. The molecule has 0 spiro atoms. The second-order valence-electron chi connectivity index (χ2n) is 4.61. The highest BCUT2D eigenvalue weighted by Gasteiger charge is 2.16. The number of fused-ring (bicyclic) bond motifs is 1. The molecule has 0 radical (unpaired) electrons. The van der Waals surface area contributed by atoms with Crippen molar-refractivity contribution in [3.05, 3.63) is 24.4 Å². The number of nitrogens with zero attached hydrogens (tertiary/aromatic N) is 1. The lowest BCUT2D eigenvalue weighted by atomic mass is 10.2. The maximum Gasteiger partial charge on any atom is 0.319 e. The maximum absolute atomic E-state index is 11.8. The molecular formula is C13H16N4O2. The van der Waals surface area contributed by atoms with E-state index in [1.807, 2.05) is 18.2 Å². The fourth-order valence-corrected chi connectivity index (χ4v) is 2.26. The Morgan fingerprint density at radius 3 is 3.32 bits per heavy atom. The minimum Gasteiger partial charge on any atom is -0.376 e. The van der Waals surface area contributed by atoms with Crippen LogP contribution in [0, 0.1) is 0 Å². The molecule has 6 heteroatoms. The lowest BCUT2D eigenvalue weighted by Gasteiger charge is -2.12. The second-order valence-corrected chi connectivity index (χ2v) is 4.61. The molecule has 19 heavy (non-hydrogen) atoms. The molecule has 1 aliphatic rings. The predicted octanol–water partition coefficient (Wildman–Crippen LogP) is 1.86. The Balaban J connectivity index is 1.60. The number of hydrogen-bond donors (Lipinski definition) is 3. The second kappa shape index (κ2) is 5.27. The van der Waals surface area contributed by atoms with Crippen LogP contribution in [0.1, 0.15) is 12.8 Å². The third-order valence-electron chi connectivity index (χ3n) is 3.25. The highest BCUT2D eigenvalue weighted by molar-refractivity contribution is 6.00. The maximum atomic E-state index is 11.8. The zero-order valence-electron chi connectivity index (χ0n) is 10.5. The Morgan fingerprint density at radius 2 is 2.47 bits per heavy atom. The molecule has 100 valence electrons. The number of benzene rings is 1. The quantitative estimate of drug-likeness (QED) is 0.788. The first-order valence-corrected chi connectivity index (χ1v) is 6.41. The standard InChI is InChI=1S/C13H16N4O2/c18-13(14-7-9-3-2-6-19-9)16-11-4-1-5-12-10(11)8-15-17-12/h1,4-5,8-9H,2-3,6-7H2,(H,15,17)(H2,14,16,18)/t9-/m0/s1. The SMILES string of the molecule is O=C(NC[C@@H]1CCCO1)Nc1cccc2[nH]ncc12. The van der Waals surface area contributed by atoms with E-state index in [4.69, 9.17) is 4.74 Å². The molecule has 0 saturated carbocycles. The third kappa shape index (κ3) is 2.68. The molecule has 0 unspecified atom stereocenters. The van der Waals surface area contributed by atoms with Gasteiger partial charge in [-0.3, -0.25) is 5.10 Å². The van der Waals surface area contributed by atoms with Gasteiger partial charge in [-0.15, -0.1) is 0 Å². The van der Waals surface area contributed by atoms with Gasteiger partial charge in [0, 0.05) is 18.5 Å². The molecule has 3 rings (SSSR count). The van der Waals surface area contributed by atoms with Crippen LogP contribution in [0.4, 0.5) is 10.5 Å². The van der Waals surface area contributed by atoms with E-state index < -0.39 is 0 Å². The Labute approximate surface area is 110 Å². The molecule has 6 nitrogen and oxygen atoms in total. The number of amides is 2. The molecule has 1 aromatic heterocycles. The van der Waals surface area contributed by atoms with E-state index in [0.717, 1.165) is 36.0 Å². The van der Waals surface area contributed by atoms with Gasteiger partial charge in [-0.1, -0.05) is 6.07 Å². The number of ether oxygens (including phenoxy) is 1. The fraction of sp³-hybridized carbons (Fsp3) is 0.385. The molecule has 2 heterocycles. The molecule has 0 bridgehead atoms. The summed E-state index contributed by atoms with van der Waals surface area (Å²) in [4.78, 5) is 11.8. The van der Waals surface area contributed by atoms with Gasteiger partial charge in [0.25, 0.3) is 0 Å². The van der Waals surface area contributed by atoms with Gasteiger partial charge >= 0.3 is 6.03 Å². The summed E-state index contributed by atoms with van der Waals surface area (Å²) < 4.78 is 5.45. The van der Waals surface area contributed by atoms with Crippen LogP contribution in [0.2, 0.25) is 0 Å². The number of urea groups is 1. The Morgan fingerprint density at radius 1 is 1.53 bits per heavy atom. The monoisotopic (exact) mass is 260 g/mol. The molecule has 1 aliphatic heterocycles. The smallest absolute Gasteiger partial charge is 0.319 e. The summed E-state index contributed by atoms with van der Waals surface area (Å²) in [6.45, 7) is 1.34. The van der Waals surface area contributed by atoms with Gasteiger partial charge < -0.3 is 15.4 Å². The Hall–Kier alpha value is -2.08. The average molecular weight is 260 g/mol. The first kappa shape index (κ1) is 12.0. The van der Waals surface area contributed by atoms with Gasteiger partial charge in [0.2, 0.25) is 0 Å². The molecule has 0 aliphatic carbocycles. The molecule has 1 atom stereocenters. The van der Waals surface area contributed by atoms with Crippen molar-refractivity contribution < 1.29 is 9.53 Å². The molecule has 3 N–H and O–H groups in total. The van der Waals surface area contributed by atoms with Crippen molar-refractivity contribution in [2.75, 3.05) is 18.5 Å². The van der Waals surface area contributed by atoms with Crippen molar-refractivity contribution in [1.29, 1.82) is 0 Å². The number of hydrogen-bond acceptors (Lipinski definition) is 3. The molecule has 1 aromatic carbocycles. The van der Waals surface area contributed by atoms with Gasteiger partial charge in [0.1, 0.15) is 0 Å². The third-order valence-corrected chi connectivity index (χ3v) is 3.25. The first-order chi connectivity index (χ1) is 9.33. The zero-order chi connectivity index (χ0) is 13.1. The summed E-state index contributed by atoms with van der Waals surface area (Å²) in [5.74, 6) is 0. The number of H-pyrrole nitrogens is 1. The largest absolute Gasteiger partial charge is 0.376 e. The van der Waals surface area contributed by atoms with Crippen molar-refractivity contribution in [1.82, 2.24) is 15.5 Å². The minimum absolute atomic E-state index is 0.149. The summed E-state index contributed by atoms with van der Waals surface area (Å²) in [5, 5.41) is 13.4. The number of nitrogens with one attached hydrogen (secondary N) is 3. The van der Waals surface area contributed by atoms with E-state index in [1.54, 1.807) is 6.20 Å². The van der Waals surface area contributed by atoms with Crippen LogP contribution in [-0.2, 0) is 4.74 Å². The summed E-state index contributed by atoms with van der Waals surface area (Å²) in [6, 6.07) is 5.42. The fourth-order valence-electron chi connectivity index (χ4n) is 2.26. The molecule has 1 fully saturated rings. The highest BCUT2D eigenvalue weighted by atomic mass is 16.5. The van der Waals surface area contributed by atoms with Crippen LogP contribution in [-0.4, -0.2) is 35.5 Å². The summed E-state index contributed by atoms with van der Waals surface area (Å²) >= 11 is 0. The van der Waals surface area contributed by atoms with Crippen molar-refractivity contribution in [3.8, 4) is 0 Å². The normalized spacial score (nSPS) is 18.6. The van der Waals surface area contributed by atoms with E-state index >= 15 is 0 Å². The van der Waals surface area contributed by atoms with E-state index in [2.05, 4.69) is 20.8 Å². The molecule has 1 saturated heterocycles. The van der Waals surface area contributed by atoms with Crippen molar-refractivity contribution >= 4 is 22.6 Å². The average Bonchev–Trinajstić information content (AvgIpc) is 3.08. The lowest BCUT2D eigenvalue weighted by Crippen LogP contribution is -2.35. The van der Waals surface area contributed by atoms with Gasteiger partial charge in [0.15, 0.2) is 0 Å². The van der Waals surface area contributed by atoms with Gasteiger partial charge in [-0.25, -0.2) is 4.79 Å². The molecule has 2 amide bonds. The first-order valence-electron chi connectivity index (χ1n) is 6.41.